The number of aliphatic imine (C=N–C) groups is 1. The number of anilines is 1. The molecule has 1 aromatic rings. The van der Waals surface area contributed by atoms with Crippen molar-refractivity contribution in [3.8, 4) is 0 Å². The van der Waals surface area contributed by atoms with E-state index < -0.39 is 0 Å². The van der Waals surface area contributed by atoms with Crippen LogP contribution in [0.25, 0.3) is 0 Å². The van der Waals surface area contributed by atoms with Crippen LogP contribution >= 0.6 is 24.0 Å². The summed E-state index contributed by atoms with van der Waals surface area (Å²) in [6, 6.07) is 8.29. The van der Waals surface area contributed by atoms with Crippen LogP contribution in [-0.2, 0) is 11.3 Å². The molecule has 0 aliphatic heterocycles. The molecular formula is C17H30IN5O. The van der Waals surface area contributed by atoms with Crippen LogP contribution in [0.2, 0.25) is 0 Å². The lowest BCUT2D eigenvalue weighted by Gasteiger charge is -2.21. The first kappa shape index (κ1) is 22.5. The Hall–Kier alpha value is -1.51. The first-order valence-corrected chi connectivity index (χ1v) is 7.73. The SMILES string of the molecule is CN=C(NCC(=O)NC(C)(C)C)NCc1ccc(N(C)C)cc1.I. The van der Waals surface area contributed by atoms with Crippen molar-refractivity contribution in [1.82, 2.24) is 16.0 Å². The van der Waals surface area contributed by atoms with E-state index >= 15 is 0 Å². The molecule has 0 aliphatic carbocycles. The van der Waals surface area contributed by atoms with Crippen LogP contribution in [0.3, 0.4) is 0 Å². The zero-order chi connectivity index (χ0) is 17.5. The second kappa shape index (κ2) is 10.4. The fourth-order valence-electron chi connectivity index (χ4n) is 1.94. The standard InChI is InChI=1S/C17H29N5O.HI/c1-17(2,3)21-15(23)12-20-16(18-4)19-11-13-7-9-14(10-8-13)22(5)6;/h7-10H,11-12H2,1-6H3,(H,21,23)(H2,18,19,20);1H. The number of hydrogen-bond acceptors (Lipinski definition) is 3. The van der Waals surface area contributed by atoms with E-state index in [1.165, 1.54) is 0 Å². The zero-order valence-corrected chi connectivity index (χ0v) is 17.8. The molecule has 6 nitrogen and oxygen atoms in total. The average molecular weight is 447 g/mol. The van der Waals surface area contributed by atoms with Crippen LogP contribution in [0.1, 0.15) is 26.3 Å². The number of carbonyl (C=O) groups is 1. The maximum Gasteiger partial charge on any atom is 0.239 e. The van der Waals surface area contributed by atoms with E-state index in [4.69, 9.17) is 0 Å². The molecule has 3 N–H and O–H groups in total. The predicted molar refractivity (Wildman–Crippen MR) is 112 cm³/mol. The van der Waals surface area contributed by atoms with Gasteiger partial charge in [-0.2, -0.15) is 0 Å². The fraction of sp³-hybridized carbons (Fsp3) is 0.529. The molecule has 1 aromatic carbocycles. The Morgan fingerprint density at radius 2 is 1.71 bits per heavy atom. The third-order valence-electron chi connectivity index (χ3n) is 3.07. The first-order valence-electron chi connectivity index (χ1n) is 7.73. The molecule has 136 valence electrons. The van der Waals surface area contributed by atoms with E-state index in [1.54, 1.807) is 7.05 Å². The summed E-state index contributed by atoms with van der Waals surface area (Å²) in [4.78, 5) is 18.0. The molecule has 0 unspecified atom stereocenters. The summed E-state index contributed by atoms with van der Waals surface area (Å²) in [6.07, 6.45) is 0. The van der Waals surface area contributed by atoms with Gasteiger partial charge in [-0.1, -0.05) is 12.1 Å². The number of halogens is 1. The third kappa shape index (κ3) is 8.95. The Morgan fingerprint density at radius 1 is 1.12 bits per heavy atom. The molecule has 0 aromatic heterocycles. The second-order valence-corrected chi connectivity index (χ2v) is 6.64. The number of carbonyl (C=O) groups excluding carboxylic acids is 1. The molecule has 1 rings (SSSR count). The van der Waals surface area contributed by atoms with Gasteiger partial charge in [0.15, 0.2) is 5.96 Å². The average Bonchev–Trinajstić information content (AvgIpc) is 2.46. The highest BCUT2D eigenvalue weighted by Gasteiger charge is 2.13. The van der Waals surface area contributed by atoms with Crippen molar-refractivity contribution in [3.05, 3.63) is 29.8 Å². The van der Waals surface area contributed by atoms with Crippen molar-refractivity contribution in [2.24, 2.45) is 4.99 Å². The van der Waals surface area contributed by atoms with Crippen molar-refractivity contribution in [1.29, 1.82) is 0 Å². The van der Waals surface area contributed by atoms with Gasteiger partial charge in [-0.25, -0.2) is 0 Å². The summed E-state index contributed by atoms with van der Waals surface area (Å²) in [5.74, 6) is 0.543. The molecule has 0 fully saturated rings. The summed E-state index contributed by atoms with van der Waals surface area (Å²) in [7, 11) is 5.72. The van der Waals surface area contributed by atoms with E-state index in [9.17, 15) is 4.79 Å². The van der Waals surface area contributed by atoms with Gasteiger partial charge in [-0.3, -0.25) is 9.79 Å². The van der Waals surface area contributed by atoms with Gasteiger partial charge in [0.25, 0.3) is 0 Å². The van der Waals surface area contributed by atoms with Crippen LogP contribution in [0.15, 0.2) is 29.3 Å². The monoisotopic (exact) mass is 447 g/mol. The molecule has 0 aliphatic rings. The molecule has 0 saturated heterocycles. The zero-order valence-electron chi connectivity index (χ0n) is 15.4. The Labute approximate surface area is 162 Å². The van der Waals surface area contributed by atoms with Gasteiger partial charge in [0.05, 0.1) is 6.54 Å². The van der Waals surface area contributed by atoms with E-state index in [0.717, 1.165) is 11.3 Å². The summed E-state index contributed by atoms with van der Waals surface area (Å²) < 4.78 is 0. The highest BCUT2D eigenvalue weighted by molar-refractivity contribution is 14.0. The quantitative estimate of drug-likeness (QED) is 0.367. The molecule has 1 amide bonds. The molecule has 24 heavy (non-hydrogen) atoms. The van der Waals surface area contributed by atoms with Gasteiger partial charge in [0, 0.05) is 38.9 Å². The van der Waals surface area contributed by atoms with Gasteiger partial charge >= 0.3 is 0 Å². The lowest BCUT2D eigenvalue weighted by molar-refractivity contribution is -0.121. The Kier molecular flexibility index (Phi) is 9.72. The number of nitrogens with one attached hydrogen (secondary N) is 3. The molecule has 0 spiro atoms. The maximum absolute atomic E-state index is 11.8. The number of nitrogens with zero attached hydrogens (tertiary/aromatic N) is 2. The topological polar surface area (TPSA) is 68.8 Å². The second-order valence-electron chi connectivity index (χ2n) is 6.64. The number of hydrogen-bond donors (Lipinski definition) is 3. The van der Waals surface area contributed by atoms with Gasteiger partial charge in [0.1, 0.15) is 0 Å². The Morgan fingerprint density at radius 3 is 2.17 bits per heavy atom. The van der Waals surface area contributed by atoms with Gasteiger partial charge < -0.3 is 20.9 Å². The lowest BCUT2D eigenvalue weighted by Crippen LogP contribution is -2.48. The lowest BCUT2D eigenvalue weighted by atomic mass is 10.1. The van der Waals surface area contributed by atoms with Crippen molar-refractivity contribution in [2.45, 2.75) is 32.9 Å². The minimum atomic E-state index is -0.232. The molecule has 0 heterocycles. The van der Waals surface area contributed by atoms with Crippen molar-refractivity contribution >= 4 is 41.5 Å². The van der Waals surface area contributed by atoms with Crippen LogP contribution < -0.4 is 20.9 Å². The maximum atomic E-state index is 11.8. The third-order valence-corrected chi connectivity index (χ3v) is 3.07. The number of rotatable bonds is 5. The summed E-state index contributed by atoms with van der Waals surface area (Å²) >= 11 is 0. The van der Waals surface area contributed by atoms with Crippen LogP contribution in [0.5, 0.6) is 0 Å². The number of benzene rings is 1. The smallest absolute Gasteiger partial charge is 0.239 e. The molecule has 0 bridgehead atoms. The minimum Gasteiger partial charge on any atom is -0.378 e. The number of guanidine groups is 1. The van der Waals surface area contributed by atoms with Crippen molar-refractivity contribution in [2.75, 3.05) is 32.6 Å². The highest BCUT2D eigenvalue weighted by Crippen LogP contribution is 2.11. The molecule has 0 radical (unpaired) electrons. The number of amides is 1. The molecular weight excluding hydrogens is 417 g/mol. The summed E-state index contributed by atoms with van der Waals surface area (Å²) in [6.45, 7) is 6.70. The molecule has 0 saturated carbocycles. The highest BCUT2D eigenvalue weighted by atomic mass is 127. The van der Waals surface area contributed by atoms with Crippen molar-refractivity contribution in [3.63, 3.8) is 0 Å². The van der Waals surface area contributed by atoms with Crippen LogP contribution in [0.4, 0.5) is 5.69 Å². The Balaban J connectivity index is 0.00000529. The summed E-state index contributed by atoms with van der Waals surface area (Å²) in [5, 5.41) is 9.11. The molecule has 7 heteroatoms. The van der Waals surface area contributed by atoms with E-state index in [-0.39, 0.29) is 42.0 Å². The normalized spacial score (nSPS) is 11.3. The Bertz CT molecular complexity index is 535. The van der Waals surface area contributed by atoms with E-state index in [1.807, 2.05) is 34.9 Å². The first-order chi connectivity index (χ1) is 10.7. The van der Waals surface area contributed by atoms with Crippen molar-refractivity contribution < 1.29 is 4.79 Å². The molecule has 0 atom stereocenters. The van der Waals surface area contributed by atoms with E-state index in [0.29, 0.717) is 12.5 Å². The fourth-order valence-corrected chi connectivity index (χ4v) is 1.94. The van der Waals surface area contributed by atoms with Gasteiger partial charge in [-0.15, -0.1) is 24.0 Å². The van der Waals surface area contributed by atoms with Crippen LogP contribution in [-0.4, -0.2) is 45.1 Å². The largest absolute Gasteiger partial charge is 0.378 e. The predicted octanol–water partition coefficient (Wildman–Crippen LogP) is 1.95. The summed E-state index contributed by atoms with van der Waals surface area (Å²) in [5.41, 5.74) is 2.08. The van der Waals surface area contributed by atoms with Gasteiger partial charge in [-0.05, 0) is 38.5 Å². The van der Waals surface area contributed by atoms with Gasteiger partial charge in [0.2, 0.25) is 5.91 Å². The minimum absolute atomic E-state index is 0. The van der Waals surface area contributed by atoms with Crippen LogP contribution in [0, 0.1) is 0 Å². The van der Waals surface area contributed by atoms with E-state index in [2.05, 4.69) is 50.1 Å².